The maximum absolute atomic E-state index is 10.7. The Labute approximate surface area is 86.7 Å². The van der Waals surface area contributed by atoms with Gasteiger partial charge in [0.25, 0.3) is 0 Å². The Kier molecular flexibility index (Phi) is 6.03. The van der Waals surface area contributed by atoms with Crippen molar-refractivity contribution in [3.8, 4) is 11.8 Å². The monoisotopic (exact) mass is 196 g/mol. The summed E-state index contributed by atoms with van der Waals surface area (Å²) < 4.78 is 0. The van der Waals surface area contributed by atoms with E-state index >= 15 is 0 Å². The molecule has 0 rings (SSSR count). The molecule has 80 valence electrons. The standard InChI is InChI=1S/C12H20O2/c1-4-5-6-7-8-9-10-12(2,3)11(13)14/h4-7,10H2,1-3H3,(H,13,14). The molecule has 0 radical (unpaired) electrons. The van der Waals surface area contributed by atoms with E-state index in [1.165, 1.54) is 12.8 Å². The molecule has 0 aromatic carbocycles. The number of hydrogen-bond donors (Lipinski definition) is 1. The van der Waals surface area contributed by atoms with E-state index in [2.05, 4.69) is 18.8 Å². The first kappa shape index (κ1) is 13.0. The van der Waals surface area contributed by atoms with Crippen molar-refractivity contribution in [3.63, 3.8) is 0 Å². The van der Waals surface area contributed by atoms with Crippen molar-refractivity contribution in [1.82, 2.24) is 0 Å². The summed E-state index contributed by atoms with van der Waals surface area (Å²) in [6.45, 7) is 5.56. The molecule has 2 heteroatoms. The Bertz CT molecular complexity index is 230. The van der Waals surface area contributed by atoms with Crippen LogP contribution in [0.2, 0.25) is 0 Å². The summed E-state index contributed by atoms with van der Waals surface area (Å²) in [6, 6.07) is 0. The van der Waals surface area contributed by atoms with Crippen molar-refractivity contribution in [2.75, 3.05) is 0 Å². The van der Waals surface area contributed by atoms with E-state index in [4.69, 9.17) is 5.11 Å². The van der Waals surface area contributed by atoms with Gasteiger partial charge in [-0.3, -0.25) is 4.79 Å². The fourth-order valence-corrected chi connectivity index (χ4v) is 0.911. The van der Waals surface area contributed by atoms with E-state index in [9.17, 15) is 4.79 Å². The van der Waals surface area contributed by atoms with E-state index < -0.39 is 11.4 Å². The van der Waals surface area contributed by atoms with Gasteiger partial charge in [0.1, 0.15) is 0 Å². The van der Waals surface area contributed by atoms with Crippen LogP contribution in [0.4, 0.5) is 0 Å². The minimum Gasteiger partial charge on any atom is -0.481 e. The van der Waals surface area contributed by atoms with Gasteiger partial charge in [0, 0.05) is 12.8 Å². The first-order valence-electron chi connectivity index (χ1n) is 5.20. The van der Waals surface area contributed by atoms with Gasteiger partial charge in [-0.1, -0.05) is 19.8 Å². The number of rotatable bonds is 5. The molecule has 0 heterocycles. The summed E-state index contributed by atoms with van der Waals surface area (Å²) in [5.41, 5.74) is -0.711. The van der Waals surface area contributed by atoms with Crippen LogP contribution in [-0.2, 0) is 4.79 Å². The molecule has 0 aromatic heterocycles. The molecule has 0 bridgehead atoms. The highest BCUT2D eigenvalue weighted by atomic mass is 16.4. The number of carboxylic acid groups (broad SMARTS) is 1. The third-order valence-electron chi connectivity index (χ3n) is 2.14. The Morgan fingerprint density at radius 1 is 1.29 bits per heavy atom. The van der Waals surface area contributed by atoms with Crippen molar-refractivity contribution in [3.05, 3.63) is 0 Å². The van der Waals surface area contributed by atoms with Gasteiger partial charge in [-0.05, 0) is 20.3 Å². The molecule has 2 nitrogen and oxygen atoms in total. The second-order valence-corrected chi connectivity index (χ2v) is 4.18. The lowest BCUT2D eigenvalue weighted by Gasteiger charge is -2.14. The predicted octanol–water partition coefficient (Wildman–Crippen LogP) is 3.07. The molecule has 0 aromatic rings. The Hall–Kier alpha value is -0.970. The molecule has 0 fully saturated rings. The third-order valence-corrected chi connectivity index (χ3v) is 2.14. The molecule has 0 amide bonds. The number of aliphatic carboxylic acids is 1. The predicted molar refractivity (Wildman–Crippen MR) is 58.0 cm³/mol. The van der Waals surface area contributed by atoms with Crippen LogP contribution in [0.5, 0.6) is 0 Å². The van der Waals surface area contributed by atoms with Crippen molar-refractivity contribution in [2.45, 2.75) is 52.9 Å². The summed E-state index contributed by atoms with van der Waals surface area (Å²) in [6.07, 6.45) is 4.86. The van der Waals surface area contributed by atoms with Gasteiger partial charge < -0.3 is 5.11 Å². The average Bonchev–Trinajstić information content (AvgIpc) is 2.10. The van der Waals surface area contributed by atoms with E-state index in [0.29, 0.717) is 6.42 Å². The van der Waals surface area contributed by atoms with E-state index in [0.717, 1.165) is 12.8 Å². The van der Waals surface area contributed by atoms with Gasteiger partial charge in [-0.2, -0.15) is 0 Å². The zero-order valence-corrected chi connectivity index (χ0v) is 9.39. The van der Waals surface area contributed by atoms with E-state index in [1.807, 2.05) is 0 Å². The fourth-order valence-electron chi connectivity index (χ4n) is 0.911. The zero-order chi connectivity index (χ0) is 11.0. The molecule has 1 N–H and O–H groups in total. The second kappa shape index (κ2) is 6.48. The second-order valence-electron chi connectivity index (χ2n) is 4.18. The van der Waals surface area contributed by atoms with Crippen LogP contribution in [0.25, 0.3) is 0 Å². The summed E-state index contributed by atoms with van der Waals surface area (Å²) in [4.78, 5) is 10.7. The fraction of sp³-hybridized carbons (Fsp3) is 0.750. The molecule has 0 unspecified atom stereocenters. The first-order chi connectivity index (χ1) is 6.50. The highest BCUT2D eigenvalue weighted by Gasteiger charge is 2.25. The highest BCUT2D eigenvalue weighted by Crippen LogP contribution is 2.19. The van der Waals surface area contributed by atoms with Crippen LogP contribution in [0, 0.1) is 17.3 Å². The SMILES string of the molecule is CCCCCC#CCC(C)(C)C(=O)O. The van der Waals surface area contributed by atoms with Crippen LogP contribution in [-0.4, -0.2) is 11.1 Å². The van der Waals surface area contributed by atoms with Gasteiger partial charge in [0.05, 0.1) is 5.41 Å². The smallest absolute Gasteiger partial charge is 0.310 e. The normalized spacial score (nSPS) is 10.5. The number of unbranched alkanes of at least 4 members (excludes halogenated alkanes) is 3. The van der Waals surface area contributed by atoms with E-state index in [1.54, 1.807) is 13.8 Å². The molecular formula is C12H20O2. The highest BCUT2D eigenvalue weighted by molar-refractivity contribution is 5.73. The van der Waals surface area contributed by atoms with Gasteiger partial charge in [-0.15, -0.1) is 11.8 Å². The largest absolute Gasteiger partial charge is 0.481 e. The van der Waals surface area contributed by atoms with Crippen molar-refractivity contribution >= 4 is 5.97 Å². The Morgan fingerprint density at radius 2 is 1.93 bits per heavy atom. The Morgan fingerprint density at radius 3 is 2.43 bits per heavy atom. The minimum atomic E-state index is -0.777. The van der Waals surface area contributed by atoms with Gasteiger partial charge in [0.2, 0.25) is 0 Å². The summed E-state index contributed by atoms with van der Waals surface area (Å²) in [7, 11) is 0. The van der Waals surface area contributed by atoms with Gasteiger partial charge in [0.15, 0.2) is 0 Å². The maximum atomic E-state index is 10.7. The third kappa shape index (κ3) is 5.64. The molecular weight excluding hydrogens is 176 g/mol. The molecule has 0 aliphatic heterocycles. The first-order valence-corrected chi connectivity index (χ1v) is 5.20. The maximum Gasteiger partial charge on any atom is 0.310 e. The molecule has 0 spiro atoms. The zero-order valence-electron chi connectivity index (χ0n) is 9.39. The van der Waals surface area contributed by atoms with Crippen LogP contribution in [0.15, 0.2) is 0 Å². The van der Waals surface area contributed by atoms with Crippen LogP contribution in [0.3, 0.4) is 0 Å². The number of carbonyl (C=O) groups is 1. The molecule has 0 saturated heterocycles. The molecule has 14 heavy (non-hydrogen) atoms. The molecule has 0 aliphatic rings. The quantitative estimate of drug-likeness (QED) is 0.542. The van der Waals surface area contributed by atoms with Gasteiger partial charge >= 0.3 is 5.97 Å². The van der Waals surface area contributed by atoms with E-state index in [-0.39, 0.29) is 0 Å². The minimum absolute atomic E-state index is 0.439. The van der Waals surface area contributed by atoms with Crippen LogP contribution >= 0.6 is 0 Å². The molecule has 0 atom stereocenters. The van der Waals surface area contributed by atoms with Crippen molar-refractivity contribution in [1.29, 1.82) is 0 Å². The van der Waals surface area contributed by atoms with Crippen molar-refractivity contribution < 1.29 is 9.90 Å². The Balaban J connectivity index is 3.75. The van der Waals surface area contributed by atoms with Crippen LogP contribution in [0.1, 0.15) is 52.9 Å². The summed E-state index contributed by atoms with van der Waals surface area (Å²) >= 11 is 0. The topological polar surface area (TPSA) is 37.3 Å². The van der Waals surface area contributed by atoms with Crippen molar-refractivity contribution in [2.24, 2.45) is 5.41 Å². The van der Waals surface area contributed by atoms with Gasteiger partial charge in [-0.25, -0.2) is 0 Å². The lowest BCUT2D eigenvalue weighted by molar-refractivity contribution is -0.146. The molecule has 0 aliphatic carbocycles. The average molecular weight is 196 g/mol. The lowest BCUT2D eigenvalue weighted by Crippen LogP contribution is -2.22. The molecule has 0 saturated carbocycles. The number of carboxylic acids is 1. The number of hydrogen-bond acceptors (Lipinski definition) is 1. The van der Waals surface area contributed by atoms with Crippen LogP contribution < -0.4 is 0 Å². The lowest BCUT2D eigenvalue weighted by atomic mass is 9.90. The summed E-state index contributed by atoms with van der Waals surface area (Å²) in [5, 5.41) is 8.81. The summed E-state index contributed by atoms with van der Waals surface area (Å²) in [5.74, 6) is 5.18.